The summed E-state index contributed by atoms with van der Waals surface area (Å²) in [7, 11) is 0. The number of hydrogen-bond donors (Lipinski definition) is 0. The highest BCUT2D eigenvalue weighted by Gasteiger charge is 2.19. The average Bonchev–Trinajstić information content (AvgIpc) is 4.33. The molecule has 0 aliphatic carbocycles. The lowest BCUT2D eigenvalue weighted by Crippen LogP contribution is -1.97. The van der Waals surface area contributed by atoms with Crippen molar-refractivity contribution in [2.24, 2.45) is 0 Å². The fourth-order valence-electron chi connectivity index (χ4n) is 7.79. The summed E-state index contributed by atoms with van der Waals surface area (Å²) in [5.74, 6) is 0. The highest BCUT2D eigenvalue weighted by atomic mass is 15.0. The minimum absolute atomic E-state index is 0.149. The Kier molecular flexibility index (Phi) is 3.81. The molecule has 3 heteroatoms. The van der Waals surface area contributed by atoms with Crippen molar-refractivity contribution >= 4 is 65.4 Å². The molecule has 0 bridgehead atoms. The van der Waals surface area contributed by atoms with Crippen molar-refractivity contribution in [2.75, 3.05) is 0 Å². The highest BCUT2D eigenvalue weighted by molar-refractivity contribution is 6.14. The first-order valence-corrected chi connectivity index (χ1v) is 17.9. The molecule has 3 aromatic heterocycles. The third-order valence-electron chi connectivity index (χ3n) is 10.3. The van der Waals surface area contributed by atoms with Crippen LogP contribution in [-0.2, 0) is 0 Å². The normalized spacial score (nSPS) is 17.0. The van der Waals surface area contributed by atoms with Gasteiger partial charge in [0.1, 0.15) is 0 Å². The molecule has 0 saturated carbocycles. The van der Waals surface area contributed by atoms with E-state index >= 15 is 0 Å². The highest BCUT2D eigenvalue weighted by Crippen LogP contribution is 2.40. The fourth-order valence-corrected chi connectivity index (χ4v) is 7.79. The van der Waals surface area contributed by atoms with Gasteiger partial charge in [-0.05, 0) is 101 Å². The lowest BCUT2D eigenvalue weighted by atomic mass is 9.98. The molecular weight excluding hydrogens is 691 g/mol. The molecule has 57 heavy (non-hydrogen) atoms. The molecule has 0 amide bonds. The summed E-state index contributed by atoms with van der Waals surface area (Å²) in [6.07, 6.45) is 0. The van der Waals surface area contributed by atoms with E-state index in [9.17, 15) is 12.3 Å². The second-order valence-corrected chi connectivity index (χ2v) is 13.4. The van der Waals surface area contributed by atoms with Crippen LogP contribution < -0.4 is 0 Å². The molecule has 0 N–H and O–H groups in total. The summed E-state index contributed by atoms with van der Waals surface area (Å²) >= 11 is 0. The molecule has 0 aliphatic heterocycles. The average molecular weight is 747 g/mol. The zero-order valence-corrected chi connectivity index (χ0v) is 29.4. The van der Waals surface area contributed by atoms with Crippen molar-refractivity contribution in [1.82, 2.24) is 13.7 Å². The predicted octanol–water partition coefficient (Wildman–Crippen LogP) is 14.3. The van der Waals surface area contributed by atoms with Gasteiger partial charge in [-0.1, -0.05) is 133 Å². The standard InChI is InChI=1S/C54H35N3/c1-3-15-36(16-4-1)38-31-39(37-17-5-2-6-18-37)33-42(32-38)57-52-26-14-10-22-46(52)48-35-41(28-30-54(48)57)56-51-25-13-9-21-45(51)47-34-40(27-29-53(47)56)55-49-23-11-7-19-43(49)44-20-8-12-24-50(44)55/h1-35H/i7D,8D,9D,10D,11D,12D,13D,14D,19D,20D,21D,22D,23D,24D,25D,26D,27D,28D,29D,30D,35D. The molecule has 3 heterocycles. The number of para-hydroxylation sites is 4. The summed E-state index contributed by atoms with van der Waals surface area (Å²) in [6.45, 7) is 0. The Morgan fingerprint density at radius 1 is 0.281 bits per heavy atom. The minimum atomic E-state index is -0.785. The van der Waals surface area contributed by atoms with E-state index in [1.165, 1.54) is 10.6 Å². The van der Waals surface area contributed by atoms with Crippen LogP contribution in [0.2, 0.25) is 0 Å². The van der Waals surface area contributed by atoms with Crippen molar-refractivity contribution in [3.63, 3.8) is 0 Å². The Hall–Kier alpha value is -7.62. The first-order valence-electron chi connectivity index (χ1n) is 28.4. The summed E-state index contributed by atoms with van der Waals surface area (Å²) in [5, 5.41) is -1.68. The number of aromatic nitrogens is 3. The lowest BCUT2D eigenvalue weighted by molar-refractivity contribution is 1.16. The predicted molar refractivity (Wildman–Crippen MR) is 240 cm³/mol. The molecule has 3 nitrogen and oxygen atoms in total. The van der Waals surface area contributed by atoms with E-state index in [1.54, 1.807) is 12.1 Å². The van der Waals surface area contributed by atoms with Gasteiger partial charge >= 0.3 is 0 Å². The molecule has 0 unspecified atom stereocenters. The van der Waals surface area contributed by atoms with E-state index in [2.05, 4.69) is 0 Å². The Balaban J connectivity index is 1.26. The van der Waals surface area contributed by atoms with E-state index < -0.39 is 160 Å². The number of benzene rings is 9. The first kappa shape index (κ1) is 17.5. The molecule has 0 radical (unpaired) electrons. The SMILES string of the molecule is [2H]c1c([2H])c([2H])c2c(c1[2H])c1cc(-n3c4c([2H])c([2H])c([2H])c([2H])c4c4c([2H])c([2H])c([2H])c([2H])c43)c([2H])c([2H])c1n2-c1c([2H])c([2H])c2c(c1[2H])c1c([2H])c([2H])c([2H])c([2H])c1n2-c1cc(-c2ccccc2)cc(-c2ccccc2)c1. The van der Waals surface area contributed by atoms with Crippen LogP contribution in [-0.4, -0.2) is 13.7 Å². The molecule has 0 fully saturated rings. The Bertz CT molecular complexity index is 4600. The maximum atomic E-state index is 10.2. The summed E-state index contributed by atoms with van der Waals surface area (Å²) in [5.41, 5.74) is 0.301. The van der Waals surface area contributed by atoms with Gasteiger partial charge in [0.25, 0.3) is 0 Å². The molecule has 0 atom stereocenters. The Morgan fingerprint density at radius 2 is 0.667 bits per heavy atom. The fraction of sp³-hybridized carbons (Fsp3) is 0. The van der Waals surface area contributed by atoms with Gasteiger partial charge in [0, 0.05) is 49.4 Å². The monoisotopic (exact) mass is 746 g/mol. The van der Waals surface area contributed by atoms with Crippen LogP contribution in [0.25, 0.3) is 105 Å². The maximum Gasteiger partial charge on any atom is 0.0652 e. The minimum Gasteiger partial charge on any atom is -0.309 e. The quantitative estimate of drug-likeness (QED) is 0.167. The topological polar surface area (TPSA) is 14.8 Å². The van der Waals surface area contributed by atoms with Crippen LogP contribution in [0.5, 0.6) is 0 Å². The van der Waals surface area contributed by atoms with Crippen molar-refractivity contribution in [2.45, 2.75) is 0 Å². The summed E-state index contributed by atoms with van der Waals surface area (Å²) in [4.78, 5) is 0. The van der Waals surface area contributed by atoms with Gasteiger partial charge in [-0.15, -0.1) is 0 Å². The molecule has 0 aliphatic rings. The molecule has 266 valence electrons. The summed E-state index contributed by atoms with van der Waals surface area (Å²) < 4.78 is 196. The van der Waals surface area contributed by atoms with Gasteiger partial charge in [-0.3, -0.25) is 0 Å². The van der Waals surface area contributed by atoms with Crippen LogP contribution in [0.1, 0.15) is 28.8 Å². The van der Waals surface area contributed by atoms with Gasteiger partial charge in [-0.25, -0.2) is 0 Å². The molecule has 9 aromatic carbocycles. The number of nitrogens with zero attached hydrogens (tertiary/aromatic N) is 3. The molecule has 12 rings (SSSR count). The first-order chi connectivity index (χ1) is 37.0. The van der Waals surface area contributed by atoms with Gasteiger partial charge < -0.3 is 13.7 Å². The zero-order chi connectivity index (χ0) is 55.7. The van der Waals surface area contributed by atoms with Crippen LogP contribution in [0.3, 0.4) is 0 Å². The smallest absolute Gasteiger partial charge is 0.0652 e. The van der Waals surface area contributed by atoms with Crippen LogP contribution >= 0.6 is 0 Å². The van der Waals surface area contributed by atoms with E-state index in [1.807, 2.05) is 66.7 Å². The Morgan fingerprint density at radius 3 is 1.19 bits per heavy atom. The van der Waals surface area contributed by atoms with Gasteiger partial charge in [-0.2, -0.15) is 0 Å². The van der Waals surface area contributed by atoms with Gasteiger partial charge in [0.15, 0.2) is 0 Å². The third kappa shape index (κ3) is 4.86. The van der Waals surface area contributed by atoms with Crippen LogP contribution in [0.4, 0.5) is 0 Å². The lowest BCUT2D eigenvalue weighted by Gasteiger charge is -2.14. The zero-order valence-electron chi connectivity index (χ0n) is 50.4. The molecule has 0 saturated heterocycles. The molecule has 12 aromatic rings. The summed E-state index contributed by atoms with van der Waals surface area (Å²) in [6, 6.07) is 10.6. The largest absolute Gasteiger partial charge is 0.309 e. The third-order valence-corrected chi connectivity index (χ3v) is 10.3. The van der Waals surface area contributed by atoms with Crippen molar-refractivity contribution < 1.29 is 28.8 Å². The maximum absolute atomic E-state index is 10.2. The number of hydrogen-bond acceptors (Lipinski definition) is 0. The number of rotatable bonds is 5. The van der Waals surface area contributed by atoms with Gasteiger partial charge in [0.05, 0.1) is 61.9 Å². The number of fused-ring (bicyclic) bond motifs is 9. The second kappa shape index (κ2) is 12.5. The van der Waals surface area contributed by atoms with E-state index in [0.717, 1.165) is 20.3 Å². The van der Waals surface area contributed by atoms with Gasteiger partial charge in [0.2, 0.25) is 0 Å². The van der Waals surface area contributed by atoms with Crippen molar-refractivity contribution in [3.8, 4) is 39.3 Å². The van der Waals surface area contributed by atoms with Crippen molar-refractivity contribution in [3.05, 3.63) is 212 Å². The molecule has 0 spiro atoms. The van der Waals surface area contributed by atoms with Crippen LogP contribution in [0, 0.1) is 0 Å². The Labute approximate surface area is 359 Å². The van der Waals surface area contributed by atoms with E-state index in [4.69, 9.17) is 16.4 Å². The second-order valence-electron chi connectivity index (χ2n) is 13.4. The van der Waals surface area contributed by atoms with Crippen molar-refractivity contribution in [1.29, 1.82) is 0 Å². The van der Waals surface area contributed by atoms with Crippen LogP contribution in [0.15, 0.2) is 212 Å². The molecular formula is C54H35N3. The van der Waals surface area contributed by atoms with E-state index in [-0.39, 0.29) is 43.4 Å². The van der Waals surface area contributed by atoms with E-state index in [0.29, 0.717) is 16.8 Å².